The molecule has 2 aromatic heterocycles. The van der Waals surface area contributed by atoms with Crippen LogP contribution in [0.3, 0.4) is 0 Å². The van der Waals surface area contributed by atoms with Gasteiger partial charge in [0.15, 0.2) is 0 Å². The van der Waals surface area contributed by atoms with Gasteiger partial charge in [0.25, 0.3) is 0 Å². The van der Waals surface area contributed by atoms with E-state index in [1.54, 1.807) is 0 Å². The Labute approximate surface area is 362 Å². The highest BCUT2D eigenvalue weighted by atomic mass is 15.0. The Morgan fingerprint density at radius 3 is 1.39 bits per heavy atom. The average molecular weight is 791 g/mol. The Hall–Kier alpha value is -7.81. The predicted molar refractivity (Wildman–Crippen MR) is 260 cm³/mol. The maximum absolute atomic E-state index is 4.86. The van der Waals surface area contributed by atoms with Crippen molar-refractivity contribution in [2.75, 3.05) is 0 Å². The first-order valence-corrected chi connectivity index (χ1v) is 21.5. The van der Waals surface area contributed by atoms with Gasteiger partial charge in [-0.2, -0.15) is 0 Å². The van der Waals surface area contributed by atoms with E-state index in [-0.39, 0.29) is 5.41 Å². The molecule has 0 aliphatic heterocycles. The van der Waals surface area contributed by atoms with Crippen LogP contribution < -0.4 is 0 Å². The molecule has 1 aliphatic rings. The molecule has 0 amide bonds. The number of imidazole rings is 1. The van der Waals surface area contributed by atoms with E-state index in [9.17, 15) is 0 Å². The lowest BCUT2D eigenvalue weighted by atomic mass is 9.79. The van der Waals surface area contributed by atoms with Crippen molar-refractivity contribution in [1.82, 2.24) is 9.38 Å². The number of benzene rings is 9. The fraction of sp³-hybridized carbons (Fsp3) is 0.0500. The topological polar surface area (TPSA) is 17.3 Å². The molecule has 12 rings (SSSR count). The molecule has 0 N–H and O–H groups in total. The molecule has 0 atom stereocenters. The Kier molecular flexibility index (Phi) is 8.23. The van der Waals surface area contributed by atoms with Gasteiger partial charge in [-0.05, 0) is 130 Å². The monoisotopic (exact) mass is 790 g/mol. The Bertz CT molecular complexity index is 3450. The summed E-state index contributed by atoms with van der Waals surface area (Å²) in [5.41, 5.74) is 20.5. The van der Waals surface area contributed by atoms with Crippen molar-refractivity contribution in [3.05, 3.63) is 230 Å². The van der Waals surface area contributed by atoms with Gasteiger partial charge in [0, 0.05) is 23.4 Å². The smallest absolute Gasteiger partial charge is 0.137 e. The summed E-state index contributed by atoms with van der Waals surface area (Å²) >= 11 is 0. The highest BCUT2D eigenvalue weighted by Gasteiger charge is 2.37. The number of rotatable bonds is 6. The van der Waals surface area contributed by atoms with Gasteiger partial charge in [0.05, 0.1) is 5.69 Å². The van der Waals surface area contributed by atoms with Crippen LogP contribution in [0.2, 0.25) is 0 Å². The summed E-state index contributed by atoms with van der Waals surface area (Å²) < 4.78 is 2.07. The fourth-order valence-electron chi connectivity index (χ4n) is 10.0. The van der Waals surface area contributed by atoms with Gasteiger partial charge >= 0.3 is 0 Å². The maximum atomic E-state index is 4.86. The molecule has 0 saturated carbocycles. The summed E-state index contributed by atoms with van der Waals surface area (Å²) in [5, 5.41) is 5.07. The lowest BCUT2D eigenvalue weighted by molar-refractivity contribution is 0.661. The molecule has 0 spiro atoms. The van der Waals surface area contributed by atoms with Crippen LogP contribution in [-0.2, 0) is 5.41 Å². The van der Waals surface area contributed by atoms with E-state index in [2.05, 4.69) is 213 Å². The van der Waals surface area contributed by atoms with E-state index >= 15 is 0 Å². The summed E-state index contributed by atoms with van der Waals surface area (Å²) in [5.74, 6) is 0. The van der Waals surface area contributed by atoms with Crippen LogP contribution >= 0.6 is 0 Å². The van der Waals surface area contributed by atoms with Gasteiger partial charge < -0.3 is 4.40 Å². The van der Waals surface area contributed by atoms with Gasteiger partial charge in [0.1, 0.15) is 5.65 Å². The summed E-state index contributed by atoms with van der Waals surface area (Å²) in [6.45, 7) is 4.80. The standard InChI is InChI=1S/C60H42N2/c1-60(2)54-35-47(43-20-26-44(27-21-43)56-38-62-34-12-11-19-57(62)61-56)32-33-48(54)51-36-52-53(37-55(51)60)59(46-30-24-42(25-31-46)40-15-7-4-8-16-40)50-18-10-9-17-49(50)58(52)45-28-22-41(23-29-45)39-13-5-3-6-14-39/h3-38H,1-2H3. The minimum atomic E-state index is -0.219. The van der Waals surface area contributed by atoms with Crippen molar-refractivity contribution < 1.29 is 0 Å². The summed E-state index contributed by atoms with van der Waals surface area (Å²) in [6, 6.07) is 75.8. The van der Waals surface area contributed by atoms with E-state index in [1.165, 1.54) is 99.4 Å². The molecule has 2 nitrogen and oxygen atoms in total. The second-order valence-corrected chi connectivity index (χ2v) is 17.2. The van der Waals surface area contributed by atoms with Crippen LogP contribution in [0.1, 0.15) is 25.0 Å². The molecular formula is C60H42N2. The molecule has 2 heteroatoms. The third kappa shape index (κ3) is 5.83. The van der Waals surface area contributed by atoms with Gasteiger partial charge in [-0.25, -0.2) is 4.98 Å². The first-order chi connectivity index (χ1) is 30.5. The molecule has 0 bridgehead atoms. The lowest BCUT2D eigenvalue weighted by Gasteiger charge is -2.24. The van der Waals surface area contributed by atoms with E-state index < -0.39 is 0 Å². The maximum Gasteiger partial charge on any atom is 0.137 e. The summed E-state index contributed by atoms with van der Waals surface area (Å²) in [4.78, 5) is 4.86. The first-order valence-electron chi connectivity index (χ1n) is 21.5. The molecule has 11 aromatic rings. The Morgan fingerprint density at radius 2 is 0.806 bits per heavy atom. The normalized spacial score (nSPS) is 12.8. The Balaban J connectivity index is 1.03. The minimum Gasteiger partial charge on any atom is -0.306 e. The zero-order chi connectivity index (χ0) is 41.4. The third-order valence-electron chi connectivity index (χ3n) is 13.3. The van der Waals surface area contributed by atoms with Crippen LogP contribution in [-0.4, -0.2) is 9.38 Å². The first kappa shape index (κ1) is 36.1. The number of aromatic nitrogens is 2. The highest BCUT2D eigenvalue weighted by Crippen LogP contribution is 2.54. The molecule has 292 valence electrons. The summed E-state index contributed by atoms with van der Waals surface area (Å²) in [7, 11) is 0. The zero-order valence-electron chi connectivity index (χ0n) is 34.7. The van der Waals surface area contributed by atoms with Gasteiger partial charge in [-0.1, -0.05) is 190 Å². The van der Waals surface area contributed by atoms with Crippen LogP contribution in [0.5, 0.6) is 0 Å². The van der Waals surface area contributed by atoms with Crippen molar-refractivity contribution in [3.63, 3.8) is 0 Å². The molecule has 0 unspecified atom stereocenters. The van der Waals surface area contributed by atoms with E-state index in [4.69, 9.17) is 4.98 Å². The van der Waals surface area contributed by atoms with Crippen LogP contribution in [0, 0.1) is 0 Å². The zero-order valence-corrected chi connectivity index (χ0v) is 34.7. The average Bonchev–Trinajstić information content (AvgIpc) is 3.87. The van der Waals surface area contributed by atoms with Gasteiger partial charge in [-0.15, -0.1) is 0 Å². The van der Waals surface area contributed by atoms with Crippen molar-refractivity contribution in [1.29, 1.82) is 0 Å². The quantitative estimate of drug-likeness (QED) is 0.153. The largest absolute Gasteiger partial charge is 0.306 e. The molecule has 9 aromatic carbocycles. The number of nitrogens with zero attached hydrogens (tertiary/aromatic N) is 2. The van der Waals surface area contributed by atoms with Gasteiger partial charge in [-0.3, -0.25) is 0 Å². The van der Waals surface area contributed by atoms with E-state index in [0.29, 0.717) is 0 Å². The SMILES string of the molecule is CC1(C)c2cc(-c3ccc(-c4cn5ccccc5n4)cc3)ccc2-c2cc3c(-c4ccc(-c5ccccc5)cc4)c4ccccc4c(-c4ccc(-c5ccccc5)cc4)c3cc21. The minimum absolute atomic E-state index is 0.219. The van der Waals surface area contributed by atoms with Crippen molar-refractivity contribution in [2.45, 2.75) is 19.3 Å². The number of hydrogen-bond donors (Lipinski definition) is 0. The predicted octanol–water partition coefficient (Wildman–Crippen LogP) is 15.9. The second-order valence-electron chi connectivity index (χ2n) is 17.2. The molecule has 62 heavy (non-hydrogen) atoms. The fourth-order valence-corrected chi connectivity index (χ4v) is 10.0. The molecule has 2 heterocycles. The molecule has 0 saturated heterocycles. The van der Waals surface area contributed by atoms with Crippen molar-refractivity contribution in [2.24, 2.45) is 0 Å². The van der Waals surface area contributed by atoms with Crippen molar-refractivity contribution in [3.8, 4) is 78.0 Å². The number of fused-ring (bicyclic) bond motifs is 6. The van der Waals surface area contributed by atoms with E-state index in [1.807, 2.05) is 24.4 Å². The molecule has 1 aliphatic carbocycles. The second kappa shape index (κ2) is 14.1. The molecule has 0 fully saturated rings. The van der Waals surface area contributed by atoms with Crippen LogP contribution in [0.4, 0.5) is 0 Å². The van der Waals surface area contributed by atoms with Crippen LogP contribution in [0.15, 0.2) is 219 Å². The van der Waals surface area contributed by atoms with E-state index in [0.717, 1.165) is 16.9 Å². The van der Waals surface area contributed by atoms with Crippen LogP contribution in [0.25, 0.3) is 105 Å². The molecular weight excluding hydrogens is 749 g/mol. The highest BCUT2D eigenvalue weighted by molar-refractivity contribution is 6.22. The van der Waals surface area contributed by atoms with Crippen molar-refractivity contribution >= 4 is 27.2 Å². The molecule has 0 radical (unpaired) electrons. The van der Waals surface area contributed by atoms with Gasteiger partial charge in [0.2, 0.25) is 0 Å². The third-order valence-corrected chi connectivity index (χ3v) is 13.3. The number of pyridine rings is 1. The number of hydrogen-bond acceptors (Lipinski definition) is 1. The summed E-state index contributed by atoms with van der Waals surface area (Å²) in [6.07, 6.45) is 4.15. The Morgan fingerprint density at radius 1 is 0.355 bits per heavy atom. The lowest BCUT2D eigenvalue weighted by Crippen LogP contribution is -2.15.